The molecule has 0 atom stereocenters. The van der Waals surface area contributed by atoms with Crippen LogP contribution in [0.15, 0.2) is 51.4 Å². The van der Waals surface area contributed by atoms with Crippen molar-refractivity contribution in [2.45, 2.75) is 23.9 Å². The summed E-state index contributed by atoms with van der Waals surface area (Å²) in [6.45, 7) is 1.45. The van der Waals surface area contributed by atoms with Gasteiger partial charge in [0.1, 0.15) is 5.52 Å². The molecule has 3 aromatic heterocycles. The predicted octanol–water partition coefficient (Wildman–Crippen LogP) is 4.18. The van der Waals surface area contributed by atoms with E-state index in [0.29, 0.717) is 5.75 Å². The fourth-order valence-electron chi connectivity index (χ4n) is 3.72. The molecule has 0 bridgehead atoms. The molecule has 1 amide bonds. The van der Waals surface area contributed by atoms with Gasteiger partial charge in [-0.3, -0.25) is 4.79 Å². The third-order valence-corrected chi connectivity index (χ3v) is 7.28. The van der Waals surface area contributed by atoms with Gasteiger partial charge in [0.2, 0.25) is 5.91 Å². The lowest BCUT2D eigenvalue weighted by molar-refractivity contribution is -0.129. The van der Waals surface area contributed by atoms with E-state index in [1.807, 2.05) is 58.3 Å². The molecular weight excluding hydrogens is 418 g/mol. The largest absolute Gasteiger partial charge is 0.440 e. The van der Waals surface area contributed by atoms with Crippen molar-refractivity contribution in [3.8, 4) is 10.7 Å². The summed E-state index contributed by atoms with van der Waals surface area (Å²) in [5, 5.41) is 11.3. The van der Waals surface area contributed by atoms with E-state index in [-0.39, 0.29) is 11.8 Å². The Bertz CT molecular complexity index is 1130. The molecule has 0 N–H and O–H groups in total. The van der Waals surface area contributed by atoms with E-state index in [2.05, 4.69) is 15.2 Å². The predicted molar refractivity (Wildman–Crippen MR) is 118 cm³/mol. The minimum atomic E-state index is 0.136. The van der Waals surface area contributed by atoms with Gasteiger partial charge in [0.25, 0.3) is 0 Å². The van der Waals surface area contributed by atoms with E-state index in [1.54, 1.807) is 11.3 Å². The Labute approximate surface area is 182 Å². The van der Waals surface area contributed by atoms with Gasteiger partial charge in [-0.1, -0.05) is 30.0 Å². The van der Waals surface area contributed by atoms with Crippen LogP contribution in [-0.2, 0) is 11.8 Å². The molecule has 0 aliphatic carbocycles. The number of benzene rings is 1. The molecule has 4 aromatic rings. The maximum absolute atomic E-state index is 12.7. The van der Waals surface area contributed by atoms with Crippen molar-refractivity contribution in [1.82, 2.24) is 24.6 Å². The van der Waals surface area contributed by atoms with Crippen molar-refractivity contribution in [3.63, 3.8) is 0 Å². The second-order valence-corrected chi connectivity index (χ2v) is 9.20. The number of nitrogens with zero attached hydrogens (tertiary/aromatic N) is 5. The highest BCUT2D eigenvalue weighted by Gasteiger charge is 2.27. The first kappa shape index (κ1) is 19.3. The number of hydrogen-bond acceptors (Lipinski definition) is 7. The average Bonchev–Trinajstić information content (AvgIpc) is 3.52. The zero-order chi connectivity index (χ0) is 20.5. The molecule has 5 rings (SSSR count). The van der Waals surface area contributed by atoms with E-state index >= 15 is 0 Å². The van der Waals surface area contributed by atoms with E-state index in [0.717, 1.165) is 58.8 Å². The van der Waals surface area contributed by atoms with Crippen molar-refractivity contribution >= 4 is 40.1 Å². The normalized spacial score (nSPS) is 15.2. The molecular formula is C21H21N5O2S2. The number of amides is 1. The summed E-state index contributed by atoms with van der Waals surface area (Å²) in [5.41, 5.74) is 1.72. The molecule has 9 heteroatoms. The standard InChI is InChI=1S/C21H21N5O2S2/c1-25-19(17-7-4-12-29-17)23-24-21(25)30-13-18(27)26-10-8-14(9-11-26)20-22-15-5-2-3-6-16(15)28-20/h2-7,12,14H,8-11,13H2,1H3. The molecule has 1 fully saturated rings. The Balaban J connectivity index is 1.16. The van der Waals surface area contributed by atoms with Crippen molar-refractivity contribution < 1.29 is 9.21 Å². The first-order valence-corrected chi connectivity index (χ1v) is 11.7. The van der Waals surface area contributed by atoms with Crippen LogP contribution in [0.2, 0.25) is 0 Å². The second kappa shape index (κ2) is 8.23. The van der Waals surface area contributed by atoms with Crippen molar-refractivity contribution in [3.05, 3.63) is 47.7 Å². The van der Waals surface area contributed by atoms with Gasteiger partial charge < -0.3 is 13.9 Å². The number of fused-ring (bicyclic) bond motifs is 1. The van der Waals surface area contributed by atoms with Crippen molar-refractivity contribution in [1.29, 1.82) is 0 Å². The Hall–Kier alpha value is -2.65. The lowest BCUT2D eigenvalue weighted by Gasteiger charge is -2.30. The van der Waals surface area contributed by atoms with Gasteiger partial charge in [-0.25, -0.2) is 4.98 Å². The van der Waals surface area contributed by atoms with Gasteiger partial charge in [0.15, 0.2) is 22.5 Å². The molecule has 4 heterocycles. The first-order valence-electron chi connectivity index (χ1n) is 9.88. The highest BCUT2D eigenvalue weighted by molar-refractivity contribution is 7.99. The fraction of sp³-hybridized carbons (Fsp3) is 0.333. The lowest BCUT2D eigenvalue weighted by Crippen LogP contribution is -2.39. The van der Waals surface area contributed by atoms with Gasteiger partial charge in [0.05, 0.1) is 10.6 Å². The van der Waals surface area contributed by atoms with Gasteiger partial charge in [0, 0.05) is 26.1 Å². The molecule has 7 nitrogen and oxygen atoms in total. The molecule has 1 saturated heterocycles. The monoisotopic (exact) mass is 439 g/mol. The third kappa shape index (κ3) is 3.75. The van der Waals surface area contributed by atoms with Gasteiger partial charge in [-0.15, -0.1) is 21.5 Å². The van der Waals surface area contributed by atoms with E-state index in [1.165, 1.54) is 11.8 Å². The third-order valence-electron chi connectivity index (χ3n) is 5.41. The average molecular weight is 440 g/mol. The van der Waals surface area contributed by atoms with Crippen molar-refractivity contribution in [2.75, 3.05) is 18.8 Å². The minimum Gasteiger partial charge on any atom is -0.440 e. The van der Waals surface area contributed by atoms with Gasteiger partial charge >= 0.3 is 0 Å². The number of hydrogen-bond donors (Lipinski definition) is 0. The number of aromatic nitrogens is 4. The second-order valence-electron chi connectivity index (χ2n) is 7.31. The number of thioether (sulfide) groups is 1. The van der Waals surface area contributed by atoms with Crippen LogP contribution in [-0.4, -0.2) is 49.4 Å². The summed E-state index contributed by atoms with van der Waals surface area (Å²) in [7, 11) is 1.94. The van der Waals surface area contributed by atoms with E-state index in [9.17, 15) is 4.79 Å². The SMILES string of the molecule is Cn1c(SCC(=O)N2CCC(c3nc4ccccc4o3)CC2)nnc1-c1cccs1. The fourth-order valence-corrected chi connectivity index (χ4v) is 5.28. The maximum atomic E-state index is 12.7. The molecule has 1 aliphatic heterocycles. The first-order chi connectivity index (χ1) is 14.7. The molecule has 1 aromatic carbocycles. The molecule has 154 valence electrons. The number of para-hydroxylation sites is 2. The van der Waals surface area contributed by atoms with Crippen LogP contribution >= 0.6 is 23.1 Å². The number of rotatable bonds is 5. The minimum absolute atomic E-state index is 0.136. The number of carbonyl (C=O) groups excluding carboxylic acids is 1. The number of thiophene rings is 1. The summed E-state index contributed by atoms with van der Waals surface area (Å²) >= 11 is 3.07. The van der Waals surface area contributed by atoms with Gasteiger partial charge in [-0.2, -0.15) is 0 Å². The zero-order valence-electron chi connectivity index (χ0n) is 16.5. The van der Waals surface area contributed by atoms with Crippen LogP contribution in [0.1, 0.15) is 24.7 Å². The zero-order valence-corrected chi connectivity index (χ0v) is 18.2. The number of oxazole rings is 1. The van der Waals surface area contributed by atoms with Gasteiger partial charge in [-0.05, 0) is 36.4 Å². The molecule has 0 radical (unpaired) electrons. The van der Waals surface area contributed by atoms with Crippen LogP contribution < -0.4 is 0 Å². The molecule has 30 heavy (non-hydrogen) atoms. The van der Waals surface area contributed by atoms with Crippen LogP contribution in [0.25, 0.3) is 21.8 Å². The summed E-state index contributed by atoms with van der Waals surface area (Å²) in [5.74, 6) is 2.39. The Morgan fingerprint density at radius 3 is 2.80 bits per heavy atom. The molecule has 1 aliphatic rings. The maximum Gasteiger partial charge on any atom is 0.233 e. The van der Waals surface area contributed by atoms with Crippen LogP contribution in [0, 0.1) is 0 Å². The number of piperidine rings is 1. The Morgan fingerprint density at radius 2 is 2.03 bits per heavy atom. The summed E-state index contributed by atoms with van der Waals surface area (Å²) in [6, 6.07) is 11.8. The Kier molecular flexibility index (Phi) is 5.30. The summed E-state index contributed by atoms with van der Waals surface area (Å²) in [6.07, 6.45) is 1.74. The summed E-state index contributed by atoms with van der Waals surface area (Å²) in [4.78, 5) is 20.3. The highest BCUT2D eigenvalue weighted by atomic mass is 32.2. The lowest BCUT2D eigenvalue weighted by atomic mass is 9.97. The van der Waals surface area contributed by atoms with Crippen molar-refractivity contribution in [2.24, 2.45) is 7.05 Å². The van der Waals surface area contributed by atoms with Crippen LogP contribution in [0.3, 0.4) is 0 Å². The smallest absolute Gasteiger partial charge is 0.233 e. The highest BCUT2D eigenvalue weighted by Crippen LogP contribution is 2.31. The molecule has 0 spiro atoms. The molecule has 0 unspecified atom stereocenters. The van der Waals surface area contributed by atoms with E-state index < -0.39 is 0 Å². The Morgan fingerprint density at radius 1 is 1.20 bits per heavy atom. The topological polar surface area (TPSA) is 77.0 Å². The number of carbonyl (C=O) groups is 1. The van der Waals surface area contributed by atoms with E-state index in [4.69, 9.17) is 4.42 Å². The van der Waals surface area contributed by atoms with Crippen LogP contribution in [0.5, 0.6) is 0 Å². The number of likely N-dealkylation sites (tertiary alicyclic amines) is 1. The molecule has 0 saturated carbocycles. The summed E-state index contributed by atoms with van der Waals surface area (Å²) < 4.78 is 7.87. The quantitative estimate of drug-likeness (QED) is 0.434. The van der Waals surface area contributed by atoms with Crippen LogP contribution in [0.4, 0.5) is 0 Å².